The Bertz CT molecular complexity index is 761. The van der Waals surface area contributed by atoms with Gasteiger partial charge in [0.05, 0.1) is 0 Å². The molecule has 0 bridgehead atoms. The van der Waals surface area contributed by atoms with E-state index in [1.54, 1.807) is 12.4 Å². The molecule has 27 heavy (non-hydrogen) atoms. The van der Waals surface area contributed by atoms with Crippen molar-refractivity contribution in [3.05, 3.63) is 65.7 Å². The number of carbonyl (C=O) groups is 2. The van der Waals surface area contributed by atoms with Crippen molar-refractivity contribution in [2.24, 2.45) is 0 Å². The number of halogens is 1. The van der Waals surface area contributed by atoms with Gasteiger partial charge in [-0.25, -0.2) is 4.39 Å². The Labute approximate surface area is 157 Å². The van der Waals surface area contributed by atoms with Gasteiger partial charge in [-0.1, -0.05) is 6.07 Å². The molecule has 1 aliphatic rings. The summed E-state index contributed by atoms with van der Waals surface area (Å²) in [6.07, 6.45) is 5.57. The predicted octanol–water partition coefficient (Wildman–Crippen LogP) is 1.90. The van der Waals surface area contributed by atoms with Gasteiger partial charge in [-0.15, -0.1) is 0 Å². The van der Waals surface area contributed by atoms with Gasteiger partial charge in [0.2, 0.25) is 5.91 Å². The molecular formula is C20H23FN4O2. The van der Waals surface area contributed by atoms with Crippen LogP contribution in [0.2, 0.25) is 0 Å². The second-order valence-corrected chi connectivity index (χ2v) is 6.49. The molecule has 2 amide bonds. The molecule has 0 aliphatic carbocycles. The highest BCUT2D eigenvalue weighted by Crippen LogP contribution is 2.24. The van der Waals surface area contributed by atoms with Crippen LogP contribution in [-0.2, 0) is 4.79 Å². The van der Waals surface area contributed by atoms with Crippen LogP contribution in [0.15, 0.2) is 48.8 Å². The van der Waals surface area contributed by atoms with E-state index < -0.39 is 0 Å². The summed E-state index contributed by atoms with van der Waals surface area (Å²) in [5.41, 5.74) is 1.25. The quantitative estimate of drug-likeness (QED) is 0.730. The van der Waals surface area contributed by atoms with Crippen molar-refractivity contribution in [2.75, 3.05) is 26.2 Å². The van der Waals surface area contributed by atoms with Gasteiger partial charge < -0.3 is 10.6 Å². The van der Waals surface area contributed by atoms with E-state index in [4.69, 9.17) is 0 Å². The van der Waals surface area contributed by atoms with Crippen LogP contribution in [0.4, 0.5) is 4.39 Å². The van der Waals surface area contributed by atoms with Gasteiger partial charge >= 0.3 is 0 Å². The number of nitrogens with one attached hydrogen (secondary N) is 2. The molecule has 0 unspecified atom stereocenters. The molecule has 142 valence electrons. The molecule has 2 N–H and O–H groups in total. The first-order chi connectivity index (χ1) is 13.1. The fourth-order valence-electron chi connectivity index (χ4n) is 3.23. The third kappa shape index (κ3) is 5.10. The highest BCUT2D eigenvalue weighted by Gasteiger charge is 2.29. The molecule has 2 heterocycles. The smallest absolute Gasteiger partial charge is 0.251 e. The Balaban J connectivity index is 1.52. The molecule has 1 fully saturated rings. The topological polar surface area (TPSA) is 74.3 Å². The van der Waals surface area contributed by atoms with E-state index in [0.717, 1.165) is 31.5 Å². The van der Waals surface area contributed by atoms with Gasteiger partial charge in [0.1, 0.15) is 11.9 Å². The molecule has 2 aromatic rings. The SMILES string of the molecule is O=C(NCCNC(=O)[C@H](c1cccnc1)N1CCCC1)c1ccc(F)cc1. The fraction of sp³-hybridized carbons (Fsp3) is 0.350. The number of nitrogens with zero attached hydrogens (tertiary/aromatic N) is 2. The van der Waals surface area contributed by atoms with Crippen LogP contribution in [-0.4, -0.2) is 47.9 Å². The van der Waals surface area contributed by atoms with Crippen molar-refractivity contribution in [1.82, 2.24) is 20.5 Å². The number of rotatable bonds is 7. The summed E-state index contributed by atoms with van der Waals surface area (Å²) < 4.78 is 12.9. The minimum atomic E-state index is -0.387. The maximum atomic E-state index is 12.9. The normalized spacial score (nSPS) is 15.3. The Kier molecular flexibility index (Phi) is 6.49. The lowest BCUT2D eigenvalue weighted by Crippen LogP contribution is -2.42. The Morgan fingerprint density at radius 1 is 1.07 bits per heavy atom. The first-order valence-electron chi connectivity index (χ1n) is 9.10. The highest BCUT2D eigenvalue weighted by atomic mass is 19.1. The average Bonchev–Trinajstić information content (AvgIpc) is 3.21. The molecule has 0 saturated carbocycles. The van der Waals surface area contributed by atoms with E-state index in [1.807, 2.05) is 12.1 Å². The lowest BCUT2D eigenvalue weighted by Gasteiger charge is -2.26. The van der Waals surface area contributed by atoms with Crippen molar-refractivity contribution < 1.29 is 14.0 Å². The van der Waals surface area contributed by atoms with Crippen molar-refractivity contribution in [1.29, 1.82) is 0 Å². The van der Waals surface area contributed by atoms with E-state index in [1.165, 1.54) is 24.3 Å². The van der Waals surface area contributed by atoms with Gasteiger partial charge in [0.25, 0.3) is 5.91 Å². The average molecular weight is 370 g/mol. The first kappa shape index (κ1) is 19.0. The third-order valence-corrected chi connectivity index (χ3v) is 4.57. The van der Waals surface area contributed by atoms with Crippen molar-refractivity contribution in [2.45, 2.75) is 18.9 Å². The number of carbonyl (C=O) groups excluding carboxylic acids is 2. The van der Waals surface area contributed by atoms with Crippen LogP contribution in [0.25, 0.3) is 0 Å². The Hall–Kier alpha value is -2.80. The second kappa shape index (κ2) is 9.23. The highest BCUT2D eigenvalue weighted by molar-refractivity contribution is 5.94. The number of benzene rings is 1. The number of hydrogen-bond acceptors (Lipinski definition) is 4. The van der Waals surface area contributed by atoms with Crippen LogP contribution < -0.4 is 10.6 Å². The number of hydrogen-bond donors (Lipinski definition) is 2. The third-order valence-electron chi connectivity index (χ3n) is 4.57. The largest absolute Gasteiger partial charge is 0.353 e. The summed E-state index contributed by atoms with van der Waals surface area (Å²) in [6.45, 7) is 2.38. The standard InChI is InChI=1S/C20H23FN4O2/c21-17-7-5-15(6-8-17)19(26)23-10-11-24-20(27)18(25-12-1-2-13-25)16-4-3-9-22-14-16/h3-9,14,18H,1-2,10-13H2,(H,23,26)(H,24,27)/t18-/m0/s1. The predicted molar refractivity (Wildman–Crippen MR) is 99.5 cm³/mol. The summed E-state index contributed by atoms with van der Waals surface area (Å²) in [6, 6.07) is 8.70. The minimum absolute atomic E-state index is 0.0964. The zero-order valence-electron chi connectivity index (χ0n) is 15.0. The van der Waals surface area contributed by atoms with Crippen LogP contribution in [0.1, 0.15) is 34.8 Å². The van der Waals surface area contributed by atoms with E-state index in [0.29, 0.717) is 18.7 Å². The summed E-state index contributed by atoms with van der Waals surface area (Å²) >= 11 is 0. The summed E-state index contributed by atoms with van der Waals surface area (Å²) in [5.74, 6) is -0.782. The molecule has 1 aromatic carbocycles. The Morgan fingerprint density at radius 2 is 1.78 bits per heavy atom. The molecule has 7 heteroatoms. The first-order valence-corrected chi connectivity index (χ1v) is 9.10. The van der Waals surface area contributed by atoms with Crippen LogP contribution in [0.5, 0.6) is 0 Å². The zero-order chi connectivity index (χ0) is 19.1. The Morgan fingerprint density at radius 3 is 2.44 bits per heavy atom. The molecule has 1 aliphatic heterocycles. The number of aromatic nitrogens is 1. The van der Waals surface area contributed by atoms with E-state index in [-0.39, 0.29) is 23.7 Å². The van der Waals surface area contributed by atoms with Gasteiger partial charge in [-0.05, 0) is 61.8 Å². The molecular weight excluding hydrogens is 347 g/mol. The van der Waals surface area contributed by atoms with Crippen molar-refractivity contribution in [3.8, 4) is 0 Å². The molecule has 1 aromatic heterocycles. The maximum Gasteiger partial charge on any atom is 0.251 e. The summed E-state index contributed by atoms with van der Waals surface area (Å²) in [5, 5.41) is 5.61. The molecule has 0 spiro atoms. The van der Waals surface area contributed by atoms with Crippen molar-refractivity contribution >= 4 is 11.8 Å². The molecule has 1 saturated heterocycles. The van der Waals surface area contributed by atoms with E-state index >= 15 is 0 Å². The van der Waals surface area contributed by atoms with Crippen LogP contribution >= 0.6 is 0 Å². The van der Waals surface area contributed by atoms with Gasteiger partial charge in [-0.3, -0.25) is 19.5 Å². The lowest BCUT2D eigenvalue weighted by molar-refractivity contribution is -0.126. The second-order valence-electron chi connectivity index (χ2n) is 6.49. The van der Waals surface area contributed by atoms with E-state index in [9.17, 15) is 14.0 Å². The van der Waals surface area contributed by atoms with E-state index in [2.05, 4.69) is 20.5 Å². The molecule has 1 atom stereocenters. The number of pyridine rings is 1. The molecule has 0 radical (unpaired) electrons. The fourth-order valence-corrected chi connectivity index (χ4v) is 3.23. The minimum Gasteiger partial charge on any atom is -0.353 e. The van der Waals surface area contributed by atoms with Gasteiger partial charge in [0.15, 0.2) is 0 Å². The van der Waals surface area contributed by atoms with Crippen LogP contribution in [0.3, 0.4) is 0 Å². The van der Waals surface area contributed by atoms with Crippen molar-refractivity contribution in [3.63, 3.8) is 0 Å². The van der Waals surface area contributed by atoms with Gasteiger partial charge in [-0.2, -0.15) is 0 Å². The van der Waals surface area contributed by atoms with Crippen LogP contribution in [0, 0.1) is 5.82 Å². The monoisotopic (exact) mass is 370 g/mol. The maximum absolute atomic E-state index is 12.9. The lowest BCUT2D eigenvalue weighted by atomic mass is 10.1. The molecule has 6 nitrogen and oxygen atoms in total. The summed E-state index contributed by atoms with van der Waals surface area (Å²) in [7, 11) is 0. The summed E-state index contributed by atoms with van der Waals surface area (Å²) in [4.78, 5) is 31.0. The molecule has 3 rings (SSSR count). The zero-order valence-corrected chi connectivity index (χ0v) is 15.0. The number of amides is 2. The number of likely N-dealkylation sites (tertiary alicyclic amines) is 1. The van der Waals surface area contributed by atoms with Gasteiger partial charge in [0, 0.05) is 31.0 Å².